The van der Waals surface area contributed by atoms with E-state index in [1.165, 1.54) is 24.3 Å². The van der Waals surface area contributed by atoms with Crippen molar-refractivity contribution in [2.45, 2.75) is 6.04 Å². The van der Waals surface area contributed by atoms with Crippen molar-refractivity contribution in [3.63, 3.8) is 0 Å². The Morgan fingerprint density at radius 1 is 1.07 bits per heavy atom. The molecule has 0 aliphatic carbocycles. The summed E-state index contributed by atoms with van der Waals surface area (Å²) in [6.07, 6.45) is 5.38. The van der Waals surface area contributed by atoms with Crippen molar-refractivity contribution in [2.24, 2.45) is 0 Å². The van der Waals surface area contributed by atoms with E-state index in [0.29, 0.717) is 17.1 Å². The molecule has 0 radical (unpaired) electrons. The molecule has 1 heterocycles. The van der Waals surface area contributed by atoms with Crippen LogP contribution in [0.4, 0.5) is 4.39 Å². The minimum Gasteiger partial charge on any atom is -0.370 e. The van der Waals surface area contributed by atoms with E-state index < -0.39 is 6.04 Å². The second kappa shape index (κ2) is 9.15. The Morgan fingerprint density at radius 3 is 2.43 bits per heavy atom. The molecule has 3 aromatic rings. The fourth-order valence-corrected chi connectivity index (χ4v) is 3.20. The molecule has 2 aromatic carbocycles. The van der Waals surface area contributed by atoms with E-state index in [1.807, 2.05) is 48.7 Å². The Balaban J connectivity index is 2.01. The lowest BCUT2D eigenvalue weighted by atomic mass is 10.0. The summed E-state index contributed by atoms with van der Waals surface area (Å²) in [5.41, 5.74) is 2.40. The van der Waals surface area contributed by atoms with E-state index in [2.05, 4.69) is 11.9 Å². The van der Waals surface area contributed by atoms with E-state index in [9.17, 15) is 9.18 Å². The maximum Gasteiger partial charge on any atom is 0.270 e. The topological polar surface area (TPSA) is 33.0 Å². The molecular weight excluding hydrogens is 371 g/mol. The maximum atomic E-state index is 13.3. The van der Waals surface area contributed by atoms with Crippen LogP contribution >= 0.6 is 12.2 Å². The van der Waals surface area contributed by atoms with Gasteiger partial charge in [0.15, 0.2) is 17.4 Å². The molecule has 28 heavy (non-hydrogen) atoms. The van der Waals surface area contributed by atoms with Gasteiger partial charge in [0.2, 0.25) is 5.78 Å². The predicted octanol–water partition coefficient (Wildman–Crippen LogP) is 4.31. The summed E-state index contributed by atoms with van der Waals surface area (Å²) in [6.45, 7) is 4.13. The van der Waals surface area contributed by atoms with Gasteiger partial charge in [0.05, 0.1) is 0 Å². The molecule has 0 aliphatic heterocycles. The Hall–Kier alpha value is -3.18. The van der Waals surface area contributed by atoms with Crippen molar-refractivity contribution in [3.8, 4) is 11.1 Å². The highest BCUT2D eigenvalue weighted by Gasteiger charge is 2.33. The standard InChI is InChI=1S/C23H19FN2OS/c1-2-14-25-23(28)21(22(27)18-10-12-20(24)13-11-18)26-15-6-9-19(16-26)17-7-4-3-5-8-17/h2-13,15-16,21H,1,14H2/p+1. The van der Waals surface area contributed by atoms with E-state index in [1.54, 1.807) is 16.8 Å². The van der Waals surface area contributed by atoms with Crippen LogP contribution in [0.3, 0.4) is 0 Å². The van der Waals surface area contributed by atoms with Crippen LogP contribution in [0.2, 0.25) is 0 Å². The van der Waals surface area contributed by atoms with Crippen LogP contribution < -0.4 is 9.88 Å². The zero-order chi connectivity index (χ0) is 19.9. The third kappa shape index (κ3) is 4.56. The van der Waals surface area contributed by atoms with Gasteiger partial charge in [-0.05, 0) is 35.9 Å². The van der Waals surface area contributed by atoms with Crippen molar-refractivity contribution in [1.29, 1.82) is 0 Å². The summed E-state index contributed by atoms with van der Waals surface area (Å²) in [4.78, 5) is 13.6. The number of nitrogens with one attached hydrogen (secondary N) is 1. The van der Waals surface area contributed by atoms with Gasteiger partial charge in [-0.1, -0.05) is 48.6 Å². The summed E-state index contributed by atoms with van der Waals surface area (Å²) < 4.78 is 15.1. The van der Waals surface area contributed by atoms with Crippen LogP contribution in [0.15, 0.2) is 91.8 Å². The summed E-state index contributed by atoms with van der Waals surface area (Å²) in [6, 6.07) is 18.5. The van der Waals surface area contributed by atoms with Crippen LogP contribution in [0.25, 0.3) is 11.1 Å². The molecule has 0 aliphatic rings. The summed E-state index contributed by atoms with van der Waals surface area (Å²) in [7, 11) is 0. The molecule has 0 bridgehead atoms. The average Bonchev–Trinajstić information content (AvgIpc) is 2.73. The van der Waals surface area contributed by atoms with Crippen LogP contribution in [0.1, 0.15) is 16.4 Å². The van der Waals surface area contributed by atoms with Gasteiger partial charge >= 0.3 is 0 Å². The van der Waals surface area contributed by atoms with Crippen molar-refractivity contribution in [1.82, 2.24) is 5.32 Å². The number of ketones is 1. The summed E-state index contributed by atoms with van der Waals surface area (Å²) in [5, 5.41) is 3.05. The number of thiocarbonyl (C=S) groups is 1. The SMILES string of the molecule is C=CCNC(=S)C(C(=O)c1ccc(F)cc1)[n+]1cccc(-c2ccccc2)c1. The molecule has 0 fully saturated rings. The second-order valence-electron chi connectivity index (χ2n) is 6.21. The molecule has 1 N–H and O–H groups in total. The Kier molecular flexibility index (Phi) is 6.40. The summed E-state index contributed by atoms with van der Waals surface area (Å²) in [5.74, 6) is -0.601. The van der Waals surface area contributed by atoms with Gasteiger partial charge in [0, 0.05) is 23.7 Å². The number of carbonyl (C=O) groups is 1. The normalized spacial score (nSPS) is 11.5. The predicted molar refractivity (Wildman–Crippen MR) is 113 cm³/mol. The Bertz CT molecular complexity index is 987. The molecule has 3 nitrogen and oxygen atoms in total. The first-order chi connectivity index (χ1) is 13.6. The molecule has 1 aromatic heterocycles. The van der Waals surface area contributed by atoms with E-state index in [-0.39, 0.29) is 11.6 Å². The lowest BCUT2D eigenvalue weighted by Gasteiger charge is -2.14. The number of hydrogen-bond donors (Lipinski definition) is 1. The van der Waals surface area contributed by atoms with Crippen LogP contribution in [0, 0.1) is 5.82 Å². The van der Waals surface area contributed by atoms with Crippen molar-refractivity contribution < 1.29 is 13.8 Å². The minimum absolute atomic E-state index is 0.211. The Labute approximate surface area is 169 Å². The molecular formula is C23H20FN2OS+. The second-order valence-corrected chi connectivity index (χ2v) is 6.65. The smallest absolute Gasteiger partial charge is 0.270 e. The third-order valence-electron chi connectivity index (χ3n) is 4.27. The molecule has 140 valence electrons. The molecule has 0 spiro atoms. The van der Waals surface area contributed by atoms with Gasteiger partial charge in [-0.3, -0.25) is 4.79 Å². The molecule has 5 heteroatoms. The number of carbonyl (C=O) groups excluding carboxylic acids is 1. The Morgan fingerprint density at radius 2 is 1.75 bits per heavy atom. The third-order valence-corrected chi connectivity index (χ3v) is 4.64. The van der Waals surface area contributed by atoms with Crippen LogP contribution in [-0.4, -0.2) is 17.3 Å². The number of hydrogen-bond acceptors (Lipinski definition) is 2. The lowest BCUT2D eigenvalue weighted by molar-refractivity contribution is -0.691. The first-order valence-electron chi connectivity index (χ1n) is 8.85. The largest absolute Gasteiger partial charge is 0.370 e. The van der Waals surface area contributed by atoms with Crippen molar-refractivity contribution in [2.75, 3.05) is 6.54 Å². The van der Waals surface area contributed by atoms with Gasteiger partial charge in [0.1, 0.15) is 5.82 Å². The maximum absolute atomic E-state index is 13.3. The highest BCUT2D eigenvalue weighted by atomic mass is 32.1. The van der Waals surface area contributed by atoms with Gasteiger partial charge in [-0.15, -0.1) is 6.58 Å². The van der Waals surface area contributed by atoms with Gasteiger partial charge in [-0.2, -0.15) is 4.57 Å². The van der Waals surface area contributed by atoms with Gasteiger partial charge in [0.25, 0.3) is 6.04 Å². The number of benzene rings is 2. The molecule has 0 saturated heterocycles. The number of rotatable bonds is 7. The number of aromatic nitrogens is 1. The minimum atomic E-state index is -0.746. The van der Waals surface area contributed by atoms with E-state index in [0.717, 1.165) is 11.1 Å². The van der Waals surface area contributed by atoms with Crippen molar-refractivity contribution >= 4 is 23.0 Å². The number of Topliss-reactive ketones (excluding diaryl/α,β-unsaturated/α-hetero) is 1. The van der Waals surface area contributed by atoms with Crippen LogP contribution in [0.5, 0.6) is 0 Å². The molecule has 0 saturated carbocycles. The molecule has 0 amide bonds. The lowest BCUT2D eigenvalue weighted by Crippen LogP contribution is -2.51. The van der Waals surface area contributed by atoms with Gasteiger partial charge in [-0.25, -0.2) is 4.39 Å². The quantitative estimate of drug-likeness (QED) is 0.282. The van der Waals surface area contributed by atoms with E-state index in [4.69, 9.17) is 12.2 Å². The molecule has 1 unspecified atom stereocenters. The highest BCUT2D eigenvalue weighted by Crippen LogP contribution is 2.18. The number of pyridine rings is 1. The zero-order valence-corrected chi connectivity index (χ0v) is 16.0. The van der Waals surface area contributed by atoms with Crippen molar-refractivity contribution in [3.05, 3.63) is 103 Å². The fraction of sp³-hybridized carbons (Fsp3) is 0.0870. The first-order valence-corrected chi connectivity index (χ1v) is 9.25. The van der Waals surface area contributed by atoms with Gasteiger partial charge < -0.3 is 5.32 Å². The number of halogens is 1. The zero-order valence-electron chi connectivity index (χ0n) is 15.2. The molecule has 1 atom stereocenters. The number of nitrogens with zero attached hydrogens (tertiary/aromatic N) is 1. The summed E-state index contributed by atoms with van der Waals surface area (Å²) >= 11 is 5.51. The highest BCUT2D eigenvalue weighted by molar-refractivity contribution is 7.80. The molecule has 3 rings (SSSR count). The first kappa shape index (κ1) is 19.6. The van der Waals surface area contributed by atoms with E-state index >= 15 is 0 Å². The average molecular weight is 391 g/mol. The van der Waals surface area contributed by atoms with Crippen LogP contribution in [-0.2, 0) is 0 Å². The fourth-order valence-electron chi connectivity index (χ4n) is 2.89. The monoisotopic (exact) mass is 391 g/mol.